The molecule has 0 bridgehead atoms. The summed E-state index contributed by atoms with van der Waals surface area (Å²) in [6.07, 6.45) is 0.905. The maximum Gasteiger partial charge on any atom is 0.265 e. The van der Waals surface area contributed by atoms with Gasteiger partial charge in [-0.2, -0.15) is 0 Å². The zero-order valence-electron chi connectivity index (χ0n) is 13.8. The maximum absolute atomic E-state index is 13.2. The average Bonchev–Trinajstić information content (AvgIpc) is 2.63. The predicted molar refractivity (Wildman–Crippen MR) is 97.6 cm³/mol. The fourth-order valence-electron chi connectivity index (χ4n) is 3.52. The molecule has 0 amide bonds. The number of aromatic hydroxyl groups is 1. The van der Waals surface area contributed by atoms with Crippen LogP contribution in [0.25, 0.3) is 5.69 Å². The van der Waals surface area contributed by atoms with Crippen LogP contribution in [0, 0.1) is 10.6 Å². The minimum atomic E-state index is -0.413. The van der Waals surface area contributed by atoms with Crippen molar-refractivity contribution in [2.24, 2.45) is 0 Å². The van der Waals surface area contributed by atoms with E-state index in [2.05, 4.69) is 4.98 Å². The van der Waals surface area contributed by atoms with Crippen LogP contribution in [0.1, 0.15) is 22.7 Å². The number of quaternary nitrogens is 1. The molecule has 0 saturated carbocycles. The average molecular weight is 370 g/mol. The van der Waals surface area contributed by atoms with Gasteiger partial charge in [-0.3, -0.25) is 14.3 Å². The van der Waals surface area contributed by atoms with Crippen LogP contribution in [-0.4, -0.2) is 21.2 Å². The number of fused-ring (bicyclic) bond motifs is 1. The van der Waals surface area contributed by atoms with Crippen LogP contribution >= 0.6 is 12.2 Å². The molecule has 1 aromatic heterocycles. The number of rotatable bonds is 2. The van der Waals surface area contributed by atoms with Crippen molar-refractivity contribution in [2.45, 2.75) is 12.5 Å². The molecule has 2 heterocycles. The van der Waals surface area contributed by atoms with E-state index >= 15 is 0 Å². The van der Waals surface area contributed by atoms with Gasteiger partial charge in [0.2, 0.25) is 5.88 Å². The Morgan fingerprint density at radius 3 is 2.69 bits per heavy atom. The Balaban J connectivity index is 1.94. The van der Waals surface area contributed by atoms with E-state index in [-0.39, 0.29) is 28.1 Å². The Morgan fingerprint density at radius 2 is 1.92 bits per heavy atom. The molecule has 1 aliphatic heterocycles. The molecule has 2 aromatic carbocycles. The first-order chi connectivity index (χ1) is 12.6. The van der Waals surface area contributed by atoms with Crippen molar-refractivity contribution in [2.75, 3.05) is 6.54 Å². The van der Waals surface area contributed by atoms with Crippen LogP contribution in [0.4, 0.5) is 4.39 Å². The standard InChI is InChI=1S/C19H16FN3O2S/c20-12-5-7-13(8-6-12)23-18(25)15(17(24)22-19(23)26)16-14-4-2-1-3-11(14)9-10-21-16/h1-8,16,21,25H,9-10H2,(H,22,24,26)/p+1/t16-/m1/s1. The third-order valence-electron chi connectivity index (χ3n) is 4.72. The second kappa shape index (κ2) is 6.51. The molecular formula is C19H17FN3O2S+. The molecule has 0 spiro atoms. The van der Waals surface area contributed by atoms with Crippen LogP contribution in [0.2, 0.25) is 0 Å². The molecule has 0 saturated heterocycles. The Labute approximate surface area is 153 Å². The number of benzene rings is 2. The summed E-state index contributed by atoms with van der Waals surface area (Å²) in [5.74, 6) is -0.609. The highest BCUT2D eigenvalue weighted by Gasteiger charge is 2.31. The fourth-order valence-corrected chi connectivity index (χ4v) is 3.80. The van der Waals surface area contributed by atoms with Crippen LogP contribution < -0.4 is 10.9 Å². The summed E-state index contributed by atoms with van der Waals surface area (Å²) in [4.78, 5) is 15.3. The number of hydrogen-bond acceptors (Lipinski definition) is 3. The van der Waals surface area contributed by atoms with Crippen LogP contribution in [0.5, 0.6) is 5.88 Å². The lowest BCUT2D eigenvalue weighted by Crippen LogP contribution is -2.87. The number of H-pyrrole nitrogens is 1. The van der Waals surface area contributed by atoms with Crippen molar-refractivity contribution in [1.82, 2.24) is 9.55 Å². The van der Waals surface area contributed by atoms with Gasteiger partial charge in [0.25, 0.3) is 5.56 Å². The van der Waals surface area contributed by atoms with E-state index in [0.29, 0.717) is 5.69 Å². The molecular weight excluding hydrogens is 353 g/mol. The number of aromatic amines is 1. The van der Waals surface area contributed by atoms with Crippen LogP contribution in [0.15, 0.2) is 53.3 Å². The Hall–Kier alpha value is -2.77. The minimum absolute atomic E-state index is 0.0620. The smallest absolute Gasteiger partial charge is 0.265 e. The molecule has 26 heavy (non-hydrogen) atoms. The van der Waals surface area contributed by atoms with Gasteiger partial charge < -0.3 is 10.4 Å². The van der Waals surface area contributed by atoms with Gasteiger partial charge in [-0.25, -0.2) is 4.39 Å². The van der Waals surface area contributed by atoms with Gasteiger partial charge in [-0.05, 0) is 42.0 Å². The van der Waals surface area contributed by atoms with Crippen molar-refractivity contribution in [3.8, 4) is 11.6 Å². The van der Waals surface area contributed by atoms with E-state index in [1.807, 2.05) is 29.6 Å². The number of nitrogens with two attached hydrogens (primary N) is 1. The van der Waals surface area contributed by atoms with Crippen molar-refractivity contribution < 1.29 is 14.8 Å². The summed E-state index contributed by atoms with van der Waals surface area (Å²) < 4.78 is 14.7. The maximum atomic E-state index is 13.2. The van der Waals surface area contributed by atoms with E-state index in [1.165, 1.54) is 28.8 Å². The predicted octanol–water partition coefficient (Wildman–Crippen LogP) is 1.95. The zero-order chi connectivity index (χ0) is 18.3. The van der Waals surface area contributed by atoms with E-state index < -0.39 is 5.56 Å². The fraction of sp³-hybridized carbons (Fsp3) is 0.158. The Kier molecular flexibility index (Phi) is 4.18. The Morgan fingerprint density at radius 1 is 1.19 bits per heavy atom. The molecule has 0 fully saturated rings. The number of halogens is 1. The molecule has 4 N–H and O–H groups in total. The highest BCUT2D eigenvalue weighted by molar-refractivity contribution is 7.71. The largest absolute Gasteiger partial charge is 0.494 e. The summed E-state index contributed by atoms with van der Waals surface area (Å²) in [6.45, 7) is 0.812. The molecule has 132 valence electrons. The number of aromatic nitrogens is 2. The van der Waals surface area contributed by atoms with Gasteiger partial charge in [0.15, 0.2) is 4.77 Å². The van der Waals surface area contributed by atoms with E-state index in [9.17, 15) is 14.3 Å². The summed E-state index contributed by atoms with van der Waals surface area (Å²) in [5, 5.41) is 12.9. The minimum Gasteiger partial charge on any atom is -0.494 e. The van der Waals surface area contributed by atoms with Gasteiger partial charge in [-0.15, -0.1) is 0 Å². The van der Waals surface area contributed by atoms with Gasteiger partial charge in [0, 0.05) is 12.0 Å². The van der Waals surface area contributed by atoms with Crippen molar-refractivity contribution in [3.05, 3.63) is 86.2 Å². The summed E-state index contributed by atoms with van der Waals surface area (Å²) in [6, 6.07) is 13.1. The van der Waals surface area contributed by atoms with Crippen molar-refractivity contribution in [3.63, 3.8) is 0 Å². The Bertz CT molecular complexity index is 1090. The van der Waals surface area contributed by atoms with Gasteiger partial charge in [0.05, 0.1) is 12.2 Å². The first-order valence-corrected chi connectivity index (χ1v) is 8.72. The molecule has 7 heteroatoms. The topological polar surface area (TPSA) is 74.6 Å². The molecule has 1 atom stereocenters. The third-order valence-corrected chi connectivity index (χ3v) is 5.01. The lowest BCUT2D eigenvalue weighted by atomic mass is 9.90. The van der Waals surface area contributed by atoms with Crippen LogP contribution in [0.3, 0.4) is 0 Å². The van der Waals surface area contributed by atoms with Crippen molar-refractivity contribution in [1.29, 1.82) is 0 Å². The highest BCUT2D eigenvalue weighted by atomic mass is 32.1. The highest BCUT2D eigenvalue weighted by Crippen LogP contribution is 2.29. The van der Waals surface area contributed by atoms with Crippen LogP contribution in [-0.2, 0) is 6.42 Å². The van der Waals surface area contributed by atoms with E-state index in [1.54, 1.807) is 0 Å². The quantitative estimate of drug-likeness (QED) is 0.604. The van der Waals surface area contributed by atoms with Crippen molar-refractivity contribution >= 4 is 12.2 Å². The van der Waals surface area contributed by atoms with Gasteiger partial charge in [0.1, 0.15) is 17.4 Å². The molecule has 0 unspecified atom stereocenters. The summed E-state index contributed by atoms with van der Waals surface area (Å²) in [5.41, 5.74) is 2.48. The zero-order valence-corrected chi connectivity index (χ0v) is 14.6. The monoisotopic (exact) mass is 370 g/mol. The van der Waals surface area contributed by atoms with E-state index in [4.69, 9.17) is 12.2 Å². The number of hydrogen-bond donors (Lipinski definition) is 3. The normalized spacial score (nSPS) is 16.3. The SMILES string of the molecule is O=c1[nH]c(=S)n(-c2ccc(F)cc2)c(O)c1[C@@H]1[NH2+]CCc2ccccc21. The molecule has 0 radical (unpaired) electrons. The third kappa shape index (κ3) is 2.75. The summed E-state index contributed by atoms with van der Waals surface area (Å²) in [7, 11) is 0. The first kappa shape index (κ1) is 16.7. The molecule has 0 aliphatic carbocycles. The lowest BCUT2D eigenvalue weighted by Gasteiger charge is -2.24. The number of nitrogens with zero attached hydrogens (tertiary/aromatic N) is 1. The molecule has 3 aromatic rings. The molecule has 5 nitrogen and oxygen atoms in total. The van der Waals surface area contributed by atoms with E-state index in [0.717, 1.165) is 24.1 Å². The first-order valence-electron chi connectivity index (χ1n) is 8.31. The number of nitrogens with one attached hydrogen (secondary N) is 1. The second-order valence-electron chi connectivity index (χ2n) is 6.26. The van der Waals surface area contributed by atoms with Gasteiger partial charge in [-0.1, -0.05) is 24.3 Å². The summed E-state index contributed by atoms with van der Waals surface area (Å²) >= 11 is 5.22. The molecule has 1 aliphatic rings. The second-order valence-corrected chi connectivity index (χ2v) is 6.65. The molecule has 4 rings (SSSR count). The lowest BCUT2D eigenvalue weighted by molar-refractivity contribution is -0.690. The van der Waals surface area contributed by atoms with Gasteiger partial charge >= 0.3 is 0 Å².